The van der Waals surface area contributed by atoms with Crippen molar-refractivity contribution >= 4 is 17.6 Å². The minimum Gasteiger partial charge on any atom is -0.465 e. The summed E-state index contributed by atoms with van der Waals surface area (Å²) in [6.45, 7) is 6.37. The summed E-state index contributed by atoms with van der Waals surface area (Å²) in [6.07, 6.45) is 1.12. The van der Waals surface area contributed by atoms with Gasteiger partial charge in [-0.15, -0.1) is 4.37 Å². The fraction of sp³-hybridized carbons (Fsp3) is 0.471. The molecule has 1 aromatic heterocycles. The van der Waals surface area contributed by atoms with E-state index in [2.05, 4.69) is 20.6 Å². The van der Waals surface area contributed by atoms with Crippen LogP contribution in [0.3, 0.4) is 0 Å². The molecular formula is C17H21FN4O2S. The first-order valence-electron chi connectivity index (χ1n) is 8.39. The summed E-state index contributed by atoms with van der Waals surface area (Å²) in [7, 11) is 0. The Bertz CT molecular complexity index is 716. The summed E-state index contributed by atoms with van der Waals surface area (Å²) in [5.41, 5.74) is 1.05. The molecule has 0 spiro atoms. The molecule has 0 radical (unpaired) electrons. The Morgan fingerprint density at radius 2 is 2.08 bits per heavy atom. The number of aromatic nitrogens is 2. The van der Waals surface area contributed by atoms with Crippen molar-refractivity contribution < 1.29 is 13.9 Å². The minimum atomic E-state index is -0.350. The minimum absolute atomic E-state index is 0.0608. The van der Waals surface area contributed by atoms with E-state index in [1.807, 2.05) is 4.90 Å². The Morgan fingerprint density at radius 1 is 1.28 bits per heavy atom. The van der Waals surface area contributed by atoms with Crippen LogP contribution in [0.5, 0.6) is 5.88 Å². The number of carbonyl (C=O) groups is 1. The lowest BCUT2D eigenvalue weighted by Crippen LogP contribution is -2.50. The van der Waals surface area contributed by atoms with Crippen molar-refractivity contribution in [3.05, 3.63) is 30.1 Å². The Morgan fingerprint density at radius 3 is 2.80 bits per heavy atom. The van der Waals surface area contributed by atoms with Gasteiger partial charge in [0.2, 0.25) is 0 Å². The molecule has 0 aliphatic carbocycles. The second kappa shape index (κ2) is 8.35. The van der Waals surface area contributed by atoms with Crippen molar-refractivity contribution in [3.8, 4) is 17.1 Å². The van der Waals surface area contributed by atoms with E-state index in [4.69, 9.17) is 4.74 Å². The SMILES string of the molecule is CCCN1CCN(C(=O)COc2nsnc2-c2cccc(F)c2)CC1. The number of rotatable bonds is 6. The van der Waals surface area contributed by atoms with E-state index in [9.17, 15) is 9.18 Å². The third-order valence-electron chi connectivity index (χ3n) is 4.15. The molecule has 134 valence electrons. The lowest BCUT2D eigenvalue weighted by atomic mass is 10.1. The molecule has 0 unspecified atom stereocenters. The first-order chi connectivity index (χ1) is 12.2. The van der Waals surface area contributed by atoms with Gasteiger partial charge >= 0.3 is 0 Å². The first kappa shape index (κ1) is 17.8. The van der Waals surface area contributed by atoms with Crippen LogP contribution in [0.2, 0.25) is 0 Å². The monoisotopic (exact) mass is 364 g/mol. The van der Waals surface area contributed by atoms with Gasteiger partial charge in [-0.3, -0.25) is 9.69 Å². The molecule has 2 aromatic rings. The van der Waals surface area contributed by atoms with E-state index >= 15 is 0 Å². The summed E-state index contributed by atoms with van der Waals surface area (Å²) >= 11 is 0.981. The van der Waals surface area contributed by atoms with Crippen LogP contribution < -0.4 is 4.74 Å². The van der Waals surface area contributed by atoms with Crippen LogP contribution in [0, 0.1) is 5.82 Å². The lowest BCUT2D eigenvalue weighted by molar-refractivity contribution is -0.135. The molecular weight excluding hydrogens is 343 g/mol. The number of ether oxygens (including phenoxy) is 1. The molecule has 0 atom stereocenters. The normalized spacial score (nSPS) is 15.4. The molecule has 1 aliphatic heterocycles. The number of halogens is 1. The van der Waals surface area contributed by atoms with E-state index in [-0.39, 0.29) is 24.2 Å². The molecule has 25 heavy (non-hydrogen) atoms. The fourth-order valence-corrected chi connectivity index (χ4v) is 3.37. The second-order valence-corrected chi connectivity index (χ2v) is 6.47. The first-order valence-corrected chi connectivity index (χ1v) is 9.12. The smallest absolute Gasteiger partial charge is 0.260 e. The molecule has 2 heterocycles. The molecule has 3 rings (SSSR count). The van der Waals surface area contributed by atoms with Crippen LogP contribution in [0.1, 0.15) is 13.3 Å². The van der Waals surface area contributed by atoms with E-state index < -0.39 is 0 Å². The van der Waals surface area contributed by atoms with Crippen LogP contribution in [-0.2, 0) is 4.79 Å². The van der Waals surface area contributed by atoms with Crippen LogP contribution >= 0.6 is 11.7 Å². The lowest BCUT2D eigenvalue weighted by Gasteiger charge is -2.34. The van der Waals surface area contributed by atoms with Crippen LogP contribution in [0.4, 0.5) is 4.39 Å². The predicted molar refractivity (Wildman–Crippen MR) is 94.1 cm³/mol. The van der Waals surface area contributed by atoms with Gasteiger partial charge in [0.05, 0.1) is 11.7 Å². The Kier molecular flexibility index (Phi) is 5.93. The molecule has 0 bridgehead atoms. The third-order valence-corrected chi connectivity index (χ3v) is 4.67. The quantitative estimate of drug-likeness (QED) is 0.787. The number of benzene rings is 1. The largest absolute Gasteiger partial charge is 0.465 e. The van der Waals surface area contributed by atoms with Gasteiger partial charge in [0.25, 0.3) is 11.8 Å². The molecule has 1 fully saturated rings. The maximum atomic E-state index is 13.4. The zero-order valence-electron chi connectivity index (χ0n) is 14.2. The van der Waals surface area contributed by atoms with Crippen molar-refractivity contribution in [1.29, 1.82) is 0 Å². The number of hydrogen-bond acceptors (Lipinski definition) is 6. The molecule has 1 amide bonds. The van der Waals surface area contributed by atoms with Crippen molar-refractivity contribution in [1.82, 2.24) is 18.5 Å². The summed E-state index contributed by atoms with van der Waals surface area (Å²) < 4.78 is 27.2. The number of hydrogen-bond donors (Lipinski definition) is 0. The molecule has 6 nitrogen and oxygen atoms in total. The molecule has 1 saturated heterocycles. The van der Waals surface area contributed by atoms with E-state index in [0.29, 0.717) is 24.3 Å². The van der Waals surface area contributed by atoms with Crippen molar-refractivity contribution in [2.45, 2.75) is 13.3 Å². The Hall–Kier alpha value is -2.06. The Labute approximate surface area is 150 Å². The summed E-state index contributed by atoms with van der Waals surface area (Å²) in [5, 5.41) is 0. The van der Waals surface area contributed by atoms with Gasteiger partial charge in [-0.05, 0) is 25.1 Å². The van der Waals surface area contributed by atoms with Crippen LogP contribution in [-0.4, -0.2) is 63.8 Å². The van der Waals surface area contributed by atoms with Gasteiger partial charge in [0.15, 0.2) is 6.61 Å². The molecule has 0 N–H and O–H groups in total. The third kappa shape index (κ3) is 4.52. The highest BCUT2D eigenvalue weighted by Crippen LogP contribution is 2.28. The van der Waals surface area contributed by atoms with Gasteiger partial charge in [-0.2, -0.15) is 4.37 Å². The number of amides is 1. The highest BCUT2D eigenvalue weighted by molar-refractivity contribution is 6.99. The van der Waals surface area contributed by atoms with E-state index in [0.717, 1.165) is 37.8 Å². The van der Waals surface area contributed by atoms with E-state index in [1.54, 1.807) is 12.1 Å². The van der Waals surface area contributed by atoms with Gasteiger partial charge in [0, 0.05) is 31.7 Å². The maximum absolute atomic E-state index is 13.4. The van der Waals surface area contributed by atoms with Crippen molar-refractivity contribution in [2.24, 2.45) is 0 Å². The van der Waals surface area contributed by atoms with Crippen LogP contribution in [0.25, 0.3) is 11.3 Å². The average molecular weight is 364 g/mol. The highest BCUT2D eigenvalue weighted by Gasteiger charge is 2.22. The zero-order valence-corrected chi connectivity index (χ0v) is 15.0. The van der Waals surface area contributed by atoms with E-state index in [1.165, 1.54) is 12.1 Å². The number of piperazine rings is 1. The van der Waals surface area contributed by atoms with Gasteiger partial charge in [-0.1, -0.05) is 19.1 Å². The summed E-state index contributed by atoms with van der Waals surface area (Å²) in [5.74, 6) is -0.139. The molecule has 1 aromatic carbocycles. The number of carbonyl (C=O) groups excluding carboxylic acids is 1. The maximum Gasteiger partial charge on any atom is 0.260 e. The number of nitrogens with zero attached hydrogens (tertiary/aromatic N) is 4. The second-order valence-electron chi connectivity index (χ2n) is 5.94. The van der Waals surface area contributed by atoms with Crippen LogP contribution in [0.15, 0.2) is 24.3 Å². The zero-order chi connectivity index (χ0) is 17.6. The highest BCUT2D eigenvalue weighted by atomic mass is 32.1. The summed E-state index contributed by atoms with van der Waals surface area (Å²) in [6, 6.07) is 6.08. The van der Waals surface area contributed by atoms with Gasteiger partial charge < -0.3 is 9.64 Å². The molecule has 8 heteroatoms. The van der Waals surface area contributed by atoms with Crippen molar-refractivity contribution in [2.75, 3.05) is 39.3 Å². The molecule has 0 saturated carbocycles. The molecule has 1 aliphatic rings. The fourth-order valence-electron chi connectivity index (χ4n) is 2.85. The van der Waals surface area contributed by atoms with Gasteiger partial charge in [-0.25, -0.2) is 4.39 Å². The topological polar surface area (TPSA) is 58.6 Å². The van der Waals surface area contributed by atoms with Gasteiger partial charge in [0.1, 0.15) is 11.5 Å². The average Bonchev–Trinajstić information content (AvgIpc) is 3.09. The van der Waals surface area contributed by atoms with Crippen molar-refractivity contribution in [3.63, 3.8) is 0 Å². The Balaban J connectivity index is 1.56. The standard InChI is InChI=1S/C17H21FN4O2S/c1-2-6-21-7-9-22(10-8-21)15(23)12-24-17-16(19-25-20-17)13-4-3-5-14(18)11-13/h3-5,11H,2,6-10,12H2,1H3. The predicted octanol–water partition coefficient (Wildman–Crippen LogP) is 2.28. The summed E-state index contributed by atoms with van der Waals surface area (Å²) in [4.78, 5) is 16.5.